The summed E-state index contributed by atoms with van der Waals surface area (Å²) in [6, 6.07) is 10.0. The SMILES string of the molecule is COCCNc1ccc(C(=O)N2CCN(c3ccc(F)cc3)CC2)nc1. The van der Waals surface area contributed by atoms with Gasteiger partial charge in [0.05, 0.1) is 18.5 Å². The summed E-state index contributed by atoms with van der Waals surface area (Å²) in [6.07, 6.45) is 1.66. The highest BCUT2D eigenvalue weighted by atomic mass is 19.1. The van der Waals surface area contributed by atoms with Gasteiger partial charge in [0.25, 0.3) is 5.91 Å². The van der Waals surface area contributed by atoms with E-state index in [-0.39, 0.29) is 11.7 Å². The normalized spacial score (nSPS) is 14.4. The maximum atomic E-state index is 13.0. The summed E-state index contributed by atoms with van der Waals surface area (Å²) in [5.74, 6) is -0.305. The molecule has 1 fully saturated rings. The fraction of sp³-hybridized carbons (Fsp3) is 0.368. The Balaban J connectivity index is 1.53. The highest BCUT2D eigenvalue weighted by Crippen LogP contribution is 2.18. The molecular formula is C19H23FN4O2. The Bertz CT molecular complexity index is 713. The Labute approximate surface area is 152 Å². The Morgan fingerprint density at radius 2 is 1.88 bits per heavy atom. The Morgan fingerprint density at radius 1 is 1.15 bits per heavy atom. The van der Waals surface area contributed by atoms with E-state index < -0.39 is 0 Å². The number of rotatable bonds is 6. The van der Waals surface area contributed by atoms with Gasteiger partial charge in [0.15, 0.2) is 0 Å². The number of nitrogens with zero attached hydrogens (tertiary/aromatic N) is 3. The van der Waals surface area contributed by atoms with E-state index in [0.29, 0.717) is 45.0 Å². The van der Waals surface area contributed by atoms with Gasteiger partial charge in [-0.25, -0.2) is 9.37 Å². The zero-order chi connectivity index (χ0) is 18.4. The number of piperazine rings is 1. The zero-order valence-corrected chi connectivity index (χ0v) is 14.8. The number of benzene rings is 1. The van der Waals surface area contributed by atoms with Crippen LogP contribution in [0.15, 0.2) is 42.6 Å². The molecule has 26 heavy (non-hydrogen) atoms. The second kappa shape index (κ2) is 8.62. The van der Waals surface area contributed by atoms with Gasteiger partial charge in [0, 0.05) is 45.5 Å². The van der Waals surface area contributed by atoms with Crippen LogP contribution in [0.25, 0.3) is 0 Å². The molecule has 1 aromatic heterocycles. The van der Waals surface area contributed by atoms with Crippen LogP contribution in [0, 0.1) is 5.82 Å². The highest BCUT2D eigenvalue weighted by Gasteiger charge is 2.23. The first-order valence-corrected chi connectivity index (χ1v) is 8.66. The fourth-order valence-corrected chi connectivity index (χ4v) is 2.90. The molecule has 0 unspecified atom stereocenters. The van der Waals surface area contributed by atoms with Crippen molar-refractivity contribution in [2.24, 2.45) is 0 Å². The van der Waals surface area contributed by atoms with Gasteiger partial charge in [0.2, 0.25) is 0 Å². The number of hydrogen-bond donors (Lipinski definition) is 1. The van der Waals surface area contributed by atoms with Crippen LogP contribution >= 0.6 is 0 Å². The van der Waals surface area contributed by atoms with Gasteiger partial charge in [-0.15, -0.1) is 0 Å². The molecule has 7 heteroatoms. The number of hydrogen-bond acceptors (Lipinski definition) is 5. The predicted octanol–water partition coefficient (Wildman–Crippen LogP) is 2.24. The smallest absolute Gasteiger partial charge is 0.272 e. The Morgan fingerprint density at radius 3 is 2.50 bits per heavy atom. The van der Waals surface area contributed by atoms with E-state index in [9.17, 15) is 9.18 Å². The summed E-state index contributed by atoms with van der Waals surface area (Å²) in [6.45, 7) is 3.97. The van der Waals surface area contributed by atoms with Gasteiger partial charge < -0.3 is 19.9 Å². The second-order valence-electron chi connectivity index (χ2n) is 6.11. The average Bonchev–Trinajstić information content (AvgIpc) is 2.69. The lowest BCUT2D eigenvalue weighted by atomic mass is 10.2. The maximum Gasteiger partial charge on any atom is 0.272 e. The van der Waals surface area contributed by atoms with Gasteiger partial charge >= 0.3 is 0 Å². The van der Waals surface area contributed by atoms with E-state index in [1.807, 2.05) is 6.07 Å². The molecule has 6 nitrogen and oxygen atoms in total. The van der Waals surface area contributed by atoms with Crippen molar-refractivity contribution >= 4 is 17.3 Å². The van der Waals surface area contributed by atoms with Crippen molar-refractivity contribution in [3.05, 3.63) is 54.1 Å². The molecule has 1 aromatic carbocycles. The lowest BCUT2D eigenvalue weighted by Crippen LogP contribution is -2.49. The van der Waals surface area contributed by atoms with Gasteiger partial charge in [-0.2, -0.15) is 0 Å². The Kier molecular flexibility index (Phi) is 6.01. The first-order valence-electron chi connectivity index (χ1n) is 8.66. The topological polar surface area (TPSA) is 57.7 Å². The third kappa shape index (κ3) is 4.49. The van der Waals surface area contributed by atoms with E-state index in [4.69, 9.17) is 4.74 Å². The molecule has 1 aliphatic heterocycles. The summed E-state index contributed by atoms with van der Waals surface area (Å²) >= 11 is 0. The number of carbonyl (C=O) groups excluding carboxylic acids is 1. The fourth-order valence-electron chi connectivity index (χ4n) is 2.90. The minimum atomic E-state index is -0.242. The van der Waals surface area contributed by atoms with Crippen molar-refractivity contribution in [2.75, 3.05) is 56.7 Å². The molecule has 0 bridgehead atoms. The predicted molar refractivity (Wildman–Crippen MR) is 99.1 cm³/mol. The molecule has 3 rings (SSSR count). The molecule has 0 saturated carbocycles. The molecule has 1 aliphatic rings. The molecule has 1 N–H and O–H groups in total. The van der Waals surface area contributed by atoms with E-state index in [1.54, 1.807) is 36.4 Å². The maximum absolute atomic E-state index is 13.0. The number of halogens is 1. The number of amides is 1. The number of ether oxygens (including phenoxy) is 1. The molecule has 1 saturated heterocycles. The molecule has 0 atom stereocenters. The van der Waals surface area contributed by atoms with Crippen molar-refractivity contribution in [3.63, 3.8) is 0 Å². The first kappa shape index (κ1) is 18.1. The molecule has 138 valence electrons. The van der Waals surface area contributed by atoms with Crippen molar-refractivity contribution in [1.29, 1.82) is 0 Å². The lowest BCUT2D eigenvalue weighted by molar-refractivity contribution is 0.0741. The molecule has 2 aromatic rings. The second-order valence-corrected chi connectivity index (χ2v) is 6.11. The van der Waals surface area contributed by atoms with Crippen LogP contribution in [0.3, 0.4) is 0 Å². The number of carbonyl (C=O) groups is 1. The summed E-state index contributed by atoms with van der Waals surface area (Å²) < 4.78 is 18.0. The summed E-state index contributed by atoms with van der Waals surface area (Å²) in [5.41, 5.74) is 2.28. The van der Waals surface area contributed by atoms with E-state index in [2.05, 4.69) is 15.2 Å². The van der Waals surface area contributed by atoms with Crippen LogP contribution in [-0.4, -0.2) is 62.2 Å². The van der Waals surface area contributed by atoms with Crippen molar-refractivity contribution in [3.8, 4) is 0 Å². The Hall–Kier alpha value is -2.67. The van der Waals surface area contributed by atoms with Crippen molar-refractivity contribution in [1.82, 2.24) is 9.88 Å². The zero-order valence-electron chi connectivity index (χ0n) is 14.8. The van der Waals surface area contributed by atoms with Crippen LogP contribution in [-0.2, 0) is 4.74 Å². The van der Waals surface area contributed by atoms with Gasteiger partial charge in [-0.1, -0.05) is 0 Å². The average molecular weight is 358 g/mol. The van der Waals surface area contributed by atoms with Gasteiger partial charge in [0.1, 0.15) is 11.5 Å². The minimum absolute atomic E-state index is 0.0628. The quantitative estimate of drug-likeness (QED) is 0.803. The van der Waals surface area contributed by atoms with E-state index in [0.717, 1.165) is 11.4 Å². The molecule has 0 aliphatic carbocycles. The monoisotopic (exact) mass is 358 g/mol. The van der Waals surface area contributed by atoms with Crippen molar-refractivity contribution in [2.45, 2.75) is 0 Å². The molecule has 2 heterocycles. The minimum Gasteiger partial charge on any atom is -0.383 e. The van der Waals surface area contributed by atoms with Crippen LogP contribution in [0.5, 0.6) is 0 Å². The number of anilines is 2. The largest absolute Gasteiger partial charge is 0.383 e. The summed E-state index contributed by atoms with van der Waals surface area (Å²) in [7, 11) is 1.65. The number of aromatic nitrogens is 1. The first-order chi connectivity index (χ1) is 12.7. The highest BCUT2D eigenvalue weighted by molar-refractivity contribution is 5.92. The number of methoxy groups -OCH3 is 1. The lowest BCUT2D eigenvalue weighted by Gasteiger charge is -2.36. The number of nitrogens with one attached hydrogen (secondary N) is 1. The molecule has 0 spiro atoms. The van der Waals surface area contributed by atoms with Crippen LogP contribution in [0.4, 0.5) is 15.8 Å². The van der Waals surface area contributed by atoms with Crippen LogP contribution in [0.1, 0.15) is 10.5 Å². The van der Waals surface area contributed by atoms with Crippen LogP contribution in [0.2, 0.25) is 0 Å². The molecule has 1 amide bonds. The van der Waals surface area contributed by atoms with Crippen LogP contribution < -0.4 is 10.2 Å². The summed E-state index contributed by atoms with van der Waals surface area (Å²) in [4.78, 5) is 20.8. The molecule has 0 radical (unpaired) electrons. The van der Waals surface area contributed by atoms with Crippen molar-refractivity contribution < 1.29 is 13.9 Å². The van der Waals surface area contributed by atoms with E-state index >= 15 is 0 Å². The summed E-state index contributed by atoms with van der Waals surface area (Å²) in [5, 5.41) is 3.17. The third-order valence-corrected chi connectivity index (χ3v) is 4.38. The van der Waals surface area contributed by atoms with E-state index in [1.165, 1.54) is 12.1 Å². The van der Waals surface area contributed by atoms with Gasteiger partial charge in [-0.3, -0.25) is 4.79 Å². The third-order valence-electron chi connectivity index (χ3n) is 4.38. The standard InChI is InChI=1S/C19H23FN4O2/c1-26-13-8-21-16-4-7-18(22-14-16)19(25)24-11-9-23(10-12-24)17-5-2-15(20)3-6-17/h2-7,14,21H,8-13H2,1H3. The molecular weight excluding hydrogens is 335 g/mol. The number of pyridine rings is 1. The van der Waals surface area contributed by atoms with Gasteiger partial charge in [-0.05, 0) is 36.4 Å².